The molecule has 0 radical (unpaired) electrons. The van der Waals surface area contributed by atoms with Gasteiger partial charge in [0.05, 0.1) is 12.3 Å². The number of rotatable bonds is 6. The maximum atomic E-state index is 5.60. The Morgan fingerprint density at radius 2 is 2.17 bits per heavy atom. The molecular weight excluding hydrogens is 224 g/mol. The fourth-order valence-electron chi connectivity index (χ4n) is 2.99. The molecule has 0 spiro atoms. The van der Waals surface area contributed by atoms with Crippen molar-refractivity contribution in [1.82, 2.24) is 10.2 Å². The Kier molecular flexibility index (Phi) is 5.26. The number of hydrogen-bond donors (Lipinski definition) is 1. The second-order valence-corrected chi connectivity index (χ2v) is 5.22. The van der Waals surface area contributed by atoms with Crippen molar-refractivity contribution in [3.63, 3.8) is 0 Å². The van der Waals surface area contributed by atoms with E-state index in [1.54, 1.807) is 6.26 Å². The zero-order valence-electron chi connectivity index (χ0n) is 11.7. The first-order valence-electron chi connectivity index (χ1n) is 7.33. The topological polar surface area (TPSA) is 28.4 Å². The quantitative estimate of drug-likeness (QED) is 0.841. The monoisotopic (exact) mass is 250 g/mol. The Morgan fingerprint density at radius 1 is 1.39 bits per heavy atom. The molecule has 1 atom stereocenters. The van der Waals surface area contributed by atoms with E-state index in [-0.39, 0.29) is 0 Å². The Bertz CT molecular complexity index is 317. The van der Waals surface area contributed by atoms with Gasteiger partial charge in [-0.05, 0) is 56.9 Å². The molecule has 0 saturated carbocycles. The molecule has 1 aromatic rings. The molecule has 1 aliphatic rings. The van der Waals surface area contributed by atoms with Gasteiger partial charge in [-0.2, -0.15) is 0 Å². The summed E-state index contributed by atoms with van der Waals surface area (Å²) in [6.07, 6.45) is 5.53. The molecule has 2 heterocycles. The van der Waals surface area contributed by atoms with Gasteiger partial charge in [0.25, 0.3) is 0 Å². The molecule has 3 nitrogen and oxygen atoms in total. The minimum Gasteiger partial charge on any atom is -0.468 e. The van der Waals surface area contributed by atoms with E-state index < -0.39 is 0 Å². The van der Waals surface area contributed by atoms with Gasteiger partial charge < -0.3 is 9.73 Å². The maximum absolute atomic E-state index is 5.60. The minimum absolute atomic E-state index is 0.444. The summed E-state index contributed by atoms with van der Waals surface area (Å²) in [5, 5.41) is 3.44. The van der Waals surface area contributed by atoms with Crippen molar-refractivity contribution in [2.45, 2.75) is 39.2 Å². The van der Waals surface area contributed by atoms with Crippen molar-refractivity contribution in [3.05, 3.63) is 24.2 Å². The number of hydrogen-bond acceptors (Lipinski definition) is 3. The number of nitrogens with one attached hydrogen (secondary N) is 1. The summed E-state index contributed by atoms with van der Waals surface area (Å²) >= 11 is 0. The van der Waals surface area contributed by atoms with Crippen molar-refractivity contribution < 1.29 is 4.42 Å². The second kappa shape index (κ2) is 6.95. The van der Waals surface area contributed by atoms with E-state index in [1.165, 1.54) is 32.5 Å². The molecule has 1 aromatic heterocycles. The Labute approximate surface area is 111 Å². The molecule has 1 N–H and O–H groups in total. The van der Waals surface area contributed by atoms with Crippen LogP contribution in [0, 0.1) is 5.92 Å². The molecule has 1 saturated heterocycles. The summed E-state index contributed by atoms with van der Waals surface area (Å²) in [5.41, 5.74) is 0. The smallest absolute Gasteiger partial charge is 0.120 e. The van der Waals surface area contributed by atoms with E-state index >= 15 is 0 Å². The van der Waals surface area contributed by atoms with Crippen LogP contribution < -0.4 is 5.32 Å². The van der Waals surface area contributed by atoms with Crippen LogP contribution in [-0.4, -0.2) is 31.1 Å². The molecule has 1 fully saturated rings. The predicted molar refractivity (Wildman–Crippen MR) is 74.6 cm³/mol. The van der Waals surface area contributed by atoms with Crippen molar-refractivity contribution in [1.29, 1.82) is 0 Å². The second-order valence-electron chi connectivity index (χ2n) is 5.22. The number of piperidine rings is 1. The molecule has 1 unspecified atom stereocenters. The molecule has 0 bridgehead atoms. The first kappa shape index (κ1) is 13.6. The average molecular weight is 250 g/mol. The third kappa shape index (κ3) is 3.36. The Balaban J connectivity index is 1.97. The van der Waals surface area contributed by atoms with Crippen LogP contribution in [0.1, 0.15) is 44.9 Å². The van der Waals surface area contributed by atoms with Crippen molar-refractivity contribution in [3.8, 4) is 0 Å². The summed E-state index contributed by atoms with van der Waals surface area (Å²) in [6.45, 7) is 9.17. The van der Waals surface area contributed by atoms with Gasteiger partial charge in [0.15, 0.2) is 0 Å². The van der Waals surface area contributed by atoms with Crippen molar-refractivity contribution >= 4 is 0 Å². The van der Waals surface area contributed by atoms with E-state index in [0.29, 0.717) is 6.04 Å². The zero-order chi connectivity index (χ0) is 12.8. The fourth-order valence-corrected chi connectivity index (χ4v) is 2.99. The summed E-state index contributed by atoms with van der Waals surface area (Å²) in [6, 6.07) is 4.55. The molecule has 0 amide bonds. The highest BCUT2D eigenvalue weighted by Crippen LogP contribution is 2.26. The molecule has 0 aromatic carbocycles. The molecule has 18 heavy (non-hydrogen) atoms. The highest BCUT2D eigenvalue weighted by molar-refractivity contribution is 5.04. The molecule has 0 aliphatic carbocycles. The van der Waals surface area contributed by atoms with E-state index in [4.69, 9.17) is 4.42 Å². The molecule has 3 heteroatoms. The highest BCUT2D eigenvalue weighted by Gasteiger charge is 2.23. The van der Waals surface area contributed by atoms with E-state index in [9.17, 15) is 0 Å². The van der Waals surface area contributed by atoms with Gasteiger partial charge >= 0.3 is 0 Å². The van der Waals surface area contributed by atoms with Gasteiger partial charge in [0.2, 0.25) is 0 Å². The molecular formula is C15H26N2O. The van der Waals surface area contributed by atoms with Crippen LogP contribution in [-0.2, 0) is 0 Å². The Hall–Kier alpha value is -0.800. The SMILES string of the molecule is CCC(c1ccco1)N(CC)CC1CCNCC1. The third-order valence-corrected chi connectivity index (χ3v) is 4.06. The van der Waals surface area contributed by atoms with Crippen LogP contribution in [0.2, 0.25) is 0 Å². The van der Waals surface area contributed by atoms with Gasteiger partial charge in [-0.3, -0.25) is 4.90 Å². The first-order chi connectivity index (χ1) is 8.85. The van der Waals surface area contributed by atoms with Crippen LogP contribution in [0.5, 0.6) is 0 Å². The average Bonchev–Trinajstić information content (AvgIpc) is 2.93. The lowest BCUT2D eigenvalue weighted by Gasteiger charge is -2.33. The van der Waals surface area contributed by atoms with Gasteiger partial charge in [-0.1, -0.05) is 13.8 Å². The zero-order valence-corrected chi connectivity index (χ0v) is 11.7. The Morgan fingerprint density at radius 3 is 2.72 bits per heavy atom. The summed E-state index contributed by atoms with van der Waals surface area (Å²) in [7, 11) is 0. The van der Waals surface area contributed by atoms with Gasteiger partial charge in [-0.25, -0.2) is 0 Å². The summed E-state index contributed by atoms with van der Waals surface area (Å²) in [4.78, 5) is 2.58. The van der Waals surface area contributed by atoms with E-state index in [1.807, 2.05) is 6.07 Å². The summed E-state index contributed by atoms with van der Waals surface area (Å²) < 4.78 is 5.60. The molecule has 2 rings (SSSR count). The van der Waals surface area contributed by atoms with Gasteiger partial charge in [0.1, 0.15) is 5.76 Å². The fraction of sp³-hybridized carbons (Fsp3) is 0.733. The largest absolute Gasteiger partial charge is 0.468 e. The maximum Gasteiger partial charge on any atom is 0.120 e. The van der Waals surface area contributed by atoms with Crippen molar-refractivity contribution in [2.24, 2.45) is 5.92 Å². The number of nitrogens with zero attached hydrogens (tertiary/aromatic N) is 1. The molecule has 1 aliphatic heterocycles. The minimum atomic E-state index is 0.444. The lowest BCUT2D eigenvalue weighted by molar-refractivity contribution is 0.139. The van der Waals surface area contributed by atoms with Crippen LogP contribution >= 0.6 is 0 Å². The predicted octanol–water partition coefficient (Wildman–Crippen LogP) is 3.05. The lowest BCUT2D eigenvalue weighted by Crippen LogP contribution is -2.37. The van der Waals surface area contributed by atoms with Gasteiger partial charge in [-0.15, -0.1) is 0 Å². The first-order valence-corrected chi connectivity index (χ1v) is 7.33. The third-order valence-electron chi connectivity index (χ3n) is 4.06. The van der Waals surface area contributed by atoms with Crippen LogP contribution in [0.25, 0.3) is 0 Å². The lowest BCUT2D eigenvalue weighted by atomic mass is 9.96. The molecule has 102 valence electrons. The van der Waals surface area contributed by atoms with Crippen LogP contribution in [0.3, 0.4) is 0 Å². The summed E-state index contributed by atoms with van der Waals surface area (Å²) in [5.74, 6) is 1.96. The normalized spacial score (nSPS) is 19.3. The number of furan rings is 1. The van der Waals surface area contributed by atoms with E-state index in [0.717, 1.165) is 24.6 Å². The highest BCUT2D eigenvalue weighted by atomic mass is 16.3. The van der Waals surface area contributed by atoms with E-state index in [2.05, 4.69) is 30.1 Å². The van der Waals surface area contributed by atoms with Gasteiger partial charge in [0, 0.05) is 6.54 Å². The van der Waals surface area contributed by atoms with Crippen molar-refractivity contribution in [2.75, 3.05) is 26.2 Å². The van der Waals surface area contributed by atoms with Crippen LogP contribution in [0.4, 0.5) is 0 Å². The van der Waals surface area contributed by atoms with Crippen LogP contribution in [0.15, 0.2) is 22.8 Å². The standard InChI is InChI=1S/C15H26N2O/c1-3-14(15-6-5-11-18-15)17(4-2)12-13-7-9-16-10-8-13/h5-6,11,13-14,16H,3-4,7-10,12H2,1-2H3.